The van der Waals surface area contributed by atoms with Crippen molar-refractivity contribution in [2.24, 2.45) is 0 Å². The predicted octanol–water partition coefficient (Wildman–Crippen LogP) is 2.06. The quantitative estimate of drug-likeness (QED) is 0.487. The first-order valence-corrected chi connectivity index (χ1v) is 12.3. The molecule has 198 valence electrons. The zero-order chi connectivity index (χ0) is 26.1. The van der Waals surface area contributed by atoms with Gasteiger partial charge in [0.15, 0.2) is 5.82 Å². The van der Waals surface area contributed by atoms with Gasteiger partial charge in [-0.1, -0.05) is 12.1 Å². The molecule has 11 nitrogen and oxygen atoms in total. The third-order valence-electron chi connectivity index (χ3n) is 6.91. The number of morpholine rings is 1. The van der Waals surface area contributed by atoms with Crippen molar-refractivity contribution < 1.29 is 23.0 Å². The molecule has 5 rings (SSSR count). The molecule has 2 saturated heterocycles. The van der Waals surface area contributed by atoms with Gasteiger partial charge in [-0.3, -0.25) is 9.36 Å². The lowest BCUT2D eigenvalue weighted by molar-refractivity contribution is -0.135. The van der Waals surface area contributed by atoms with E-state index < -0.39 is 12.2 Å². The molecule has 3 aromatic rings. The molecule has 0 unspecified atom stereocenters. The lowest BCUT2D eigenvalue weighted by atomic mass is 10.1. The minimum Gasteiger partial charge on any atom is -0.375 e. The fourth-order valence-corrected chi connectivity index (χ4v) is 4.70. The number of halogens is 2. The molecule has 0 radical (unpaired) electrons. The van der Waals surface area contributed by atoms with Crippen LogP contribution in [-0.4, -0.2) is 101 Å². The van der Waals surface area contributed by atoms with Crippen LogP contribution in [0.2, 0.25) is 0 Å². The maximum atomic E-state index is 14.1. The van der Waals surface area contributed by atoms with E-state index in [-0.39, 0.29) is 30.6 Å². The number of para-hydroxylation sites is 2. The van der Waals surface area contributed by atoms with Crippen LogP contribution in [-0.2, 0) is 14.3 Å². The number of fused-ring (bicyclic) bond motifs is 1. The third-order valence-corrected chi connectivity index (χ3v) is 6.91. The molecule has 0 aliphatic carbocycles. The average Bonchev–Trinajstić information content (AvgIpc) is 3.30. The molecule has 1 amide bonds. The van der Waals surface area contributed by atoms with Gasteiger partial charge in [0.25, 0.3) is 6.43 Å². The van der Waals surface area contributed by atoms with Crippen LogP contribution in [0.25, 0.3) is 17.0 Å². The fraction of sp³-hybridized carbons (Fsp3) is 0.542. The van der Waals surface area contributed by atoms with Crippen LogP contribution >= 0.6 is 0 Å². The van der Waals surface area contributed by atoms with Gasteiger partial charge in [0.1, 0.15) is 6.61 Å². The Morgan fingerprint density at radius 1 is 1.03 bits per heavy atom. The summed E-state index contributed by atoms with van der Waals surface area (Å²) in [6, 6.07) is 6.88. The summed E-state index contributed by atoms with van der Waals surface area (Å²) in [6.07, 6.45) is -2.88. The van der Waals surface area contributed by atoms with Crippen molar-refractivity contribution in [3.8, 4) is 5.95 Å². The Kier molecular flexibility index (Phi) is 7.15. The SMILES string of the molecule is COCC(=O)N1CCN(c2nc(N3CCO[C@H](C)[C@@H]3C)nc(-n3c(C(F)F)nc4ccccc43)n2)CC1. The highest BCUT2D eigenvalue weighted by Gasteiger charge is 2.31. The largest absolute Gasteiger partial charge is 0.375 e. The van der Waals surface area contributed by atoms with Gasteiger partial charge >= 0.3 is 0 Å². The smallest absolute Gasteiger partial charge is 0.296 e. The molecule has 0 spiro atoms. The summed E-state index contributed by atoms with van der Waals surface area (Å²) in [4.78, 5) is 36.2. The van der Waals surface area contributed by atoms with Gasteiger partial charge in [0.2, 0.25) is 23.8 Å². The van der Waals surface area contributed by atoms with Gasteiger partial charge in [0.05, 0.1) is 29.8 Å². The van der Waals surface area contributed by atoms with Gasteiger partial charge in [-0.2, -0.15) is 15.0 Å². The maximum Gasteiger partial charge on any atom is 0.296 e. The molecule has 0 bridgehead atoms. The van der Waals surface area contributed by atoms with E-state index in [4.69, 9.17) is 14.5 Å². The van der Waals surface area contributed by atoms with E-state index in [9.17, 15) is 13.6 Å². The van der Waals surface area contributed by atoms with Crippen LogP contribution < -0.4 is 9.80 Å². The van der Waals surface area contributed by atoms with E-state index in [1.807, 2.05) is 23.6 Å². The number of anilines is 2. The summed E-state index contributed by atoms with van der Waals surface area (Å²) in [5.41, 5.74) is 0.916. The fourth-order valence-electron chi connectivity index (χ4n) is 4.70. The van der Waals surface area contributed by atoms with E-state index >= 15 is 0 Å². The Morgan fingerprint density at radius 2 is 1.73 bits per heavy atom. The Labute approximate surface area is 213 Å². The van der Waals surface area contributed by atoms with Crippen molar-refractivity contribution in [2.75, 3.05) is 62.8 Å². The third kappa shape index (κ3) is 4.92. The van der Waals surface area contributed by atoms with Crippen molar-refractivity contribution in [3.05, 3.63) is 30.1 Å². The van der Waals surface area contributed by atoms with E-state index in [0.29, 0.717) is 62.3 Å². The normalized spacial score (nSPS) is 20.8. The number of imidazole rings is 1. The van der Waals surface area contributed by atoms with Crippen LogP contribution in [0.4, 0.5) is 20.7 Å². The number of nitrogens with zero attached hydrogens (tertiary/aromatic N) is 8. The molecule has 2 aliphatic rings. The van der Waals surface area contributed by atoms with Crippen molar-refractivity contribution in [1.82, 2.24) is 29.4 Å². The molecule has 13 heteroatoms. The number of aromatic nitrogens is 5. The minimum absolute atomic E-state index is 0.0251. The second kappa shape index (κ2) is 10.5. The van der Waals surface area contributed by atoms with Crippen molar-refractivity contribution in [1.29, 1.82) is 0 Å². The van der Waals surface area contributed by atoms with Crippen molar-refractivity contribution >= 4 is 28.8 Å². The maximum absolute atomic E-state index is 14.1. The number of carbonyl (C=O) groups excluding carboxylic acids is 1. The summed E-state index contributed by atoms with van der Waals surface area (Å²) in [5.74, 6) is 0.319. The van der Waals surface area contributed by atoms with Crippen LogP contribution in [0.3, 0.4) is 0 Å². The number of alkyl halides is 2. The zero-order valence-electron chi connectivity index (χ0n) is 21.0. The van der Waals surface area contributed by atoms with Gasteiger partial charge in [-0.25, -0.2) is 13.8 Å². The molecule has 37 heavy (non-hydrogen) atoms. The second-order valence-corrected chi connectivity index (χ2v) is 9.14. The molecular weight excluding hydrogens is 486 g/mol. The van der Waals surface area contributed by atoms with E-state index in [0.717, 1.165) is 0 Å². The molecule has 0 N–H and O–H groups in total. The van der Waals surface area contributed by atoms with Crippen LogP contribution in [0.15, 0.2) is 24.3 Å². The first-order valence-electron chi connectivity index (χ1n) is 12.3. The number of hydrogen-bond acceptors (Lipinski definition) is 9. The van der Waals surface area contributed by atoms with Gasteiger partial charge in [-0.05, 0) is 26.0 Å². The second-order valence-electron chi connectivity index (χ2n) is 9.14. The molecule has 2 fully saturated rings. The Balaban J connectivity index is 1.57. The summed E-state index contributed by atoms with van der Waals surface area (Å²) in [7, 11) is 1.49. The van der Waals surface area contributed by atoms with Crippen LogP contribution in [0, 0.1) is 0 Å². The number of hydrogen-bond donors (Lipinski definition) is 0. The van der Waals surface area contributed by atoms with E-state index in [2.05, 4.69) is 15.0 Å². The first kappa shape index (κ1) is 25.2. The van der Waals surface area contributed by atoms with E-state index in [1.54, 1.807) is 29.2 Å². The standard InChI is InChI=1S/C24H30F2N8O3/c1-15-16(2)37-13-12-33(15)23-28-22(32-10-8-31(9-11-32)19(35)14-36-3)29-24(30-23)34-18-7-5-4-6-17(18)27-21(34)20(25)26/h4-7,15-16,20H,8-14H2,1-3H3/t15-,16+/m0/s1. The molecule has 0 saturated carbocycles. The van der Waals surface area contributed by atoms with Crippen LogP contribution in [0.5, 0.6) is 0 Å². The van der Waals surface area contributed by atoms with E-state index in [1.165, 1.54) is 11.7 Å². The highest BCUT2D eigenvalue weighted by Crippen LogP contribution is 2.29. The summed E-state index contributed by atoms with van der Waals surface area (Å²) in [5, 5.41) is 0. The average molecular weight is 517 g/mol. The molecule has 1 aromatic carbocycles. The molecule has 4 heterocycles. The number of methoxy groups -OCH3 is 1. The lowest BCUT2D eigenvalue weighted by Gasteiger charge is -2.38. The number of piperazine rings is 1. The van der Waals surface area contributed by atoms with Gasteiger partial charge in [0, 0.05) is 39.8 Å². The van der Waals surface area contributed by atoms with Gasteiger partial charge < -0.3 is 24.2 Å². The number of amides is 1. The number of rotatable bonds is 6. The van der Waals surface area contributed by atoms with Gasteiger partial charge in [-0.15, -0.1) is 0 Å². The number of carbonyl (C=O) groups is 1. The highest BCUT2D eigenvalue weighted by atomic mass is 19.3. The Hall–Kier alpha value is -3.45. The number of ether oxygens (including phenoxy) is 2. The van der Waals surface area contributed by atoms with Crippen molar-refractivity contribution in [2.45, 2.75) is 32.4 Å². The zero-order valence-corrected chi connectivity index (χ0v) is 21.0. The number of benzene rings is 1. The predicted molar refractivity (Wildman–Crippen MR) is 132 cm³/mol. The Bertz CT molecular complexity index is 1260. The topological polar surface area (TPSA) is 102 Å². The van der Waals surface area contributed by atoms with Crippen LogP contribution in [0.1, 0.15) is 26.1 Å². The molecular formula is C24H30F2N8O3. The molecule has 2 aliphatic heterocycles. The molecule has 2 atom stereocenters. The minimum atomic E-state index is -2.83. The molecule has 2 aromatic heterocycles. The lowest BCUT2D eigenvalue weighted by Crippen LogP contribution is -2.51. The summed E-state index contributed by atoms with van der Waals surface area (Å²) in [6.45, 7) is 6.99. The summed E-state index contributed by atoms with van der Waals surface area (Å²) < 4.78 is 40.3. The van der Waals surface area contributed by atoms with Crippen molar-refractivity contribution in [3.63, 3.8) is 0 Å². The monoisotopic (exact) mass is 516 g/mol. The summed E-state index contributed by atoms with van der Waals surface area (Å²) >= 11 is 0. The highest BCUT2D eigenvalue weighted by molar-refractivity contribution is 5.78. The first-order chi connectivity index (χ1) is 17.9. The Morgan fingerprint density at radius 3 is 2.46 bits per heavy atom.